The van der Waals surface area contributed by atoms with Crippen molar-refractivity contribution < 1.29 is 8.42 Å². The lowest BCUT2D eigenvalue weighted by Gasteiger charge is -2.35. The summed E-state index contributed by atoms with van der Waals surface area (Å²) in [6.07, 6.45) is 0. The first-order chi connectivity index (χ1) is 8.03. The predicted molar refractivity (Wildman–Crippen MR) is 66.6 cm³/mol. The van der Waals surface area contributed by atoms with Gasteiger partial charge in [0.05, 0.1) is 22.8 Å². The van der Waals surface area contributed by atoms with Crippen molar-refractivity contribution in [3.05, 3.63) is 29.8 Å². The first-order valence-electron chi connectivity index (χ1n) is 5.50. The summed E-state index contributed by atoms with van der Waals surface area (Å²) in [6.45, 7) is 2.34. The molecule has 0 bridgehead atoms. The fourth-order valence-electron chi connectivity index (χ4n) is 2.18. The van der Waals surface area contributed by atoms with Gasteiger partial charge in [0, 0.05) is 12.6 Å². The molecule has 0 N–H and O–H groups in total. The van der Waals surface area contributed by atoms with Gasteiger partial charge in [-0.15, -0.1) is 0 Å². The Morgan fingerprint density at radius 2 is 2.12 bits per heavy atom. The summed E-state index contributed by atoms with van der Waals surface area (Å²) in [4.78, 5) is 2.00. The quantitative estimate of drug-likeness (QED) is 0.751. The second kappa shape index (κ2) is 4.38. The van der Waals surface area contributed by atoms with E-state index in [1.54, 1.807) is 6.07 Å². The molecule has 1 heterocycles. The van der Waals surface area contributed by atoms with Crippen LogP contribution >= 0.6 is 0 Å². The van der Waals surface area contributed by atoms with Crippen molar-refractivity contribution in [2.24, 2.45) is 0 Å². The highest BCUT2D eigenvalue weighted by atomic mass is 32.2. The minimum absolute atomic E-state index is 0.0803. The highest BCUT2D eigenvalue weighted by Crippen LogP contribution is 2.24. The van der Waals surface area contributed by atoms with Crippen LogP contribution < -0.4 is 4.90 Å². The predicted octanol–water partition coefficient (Wildman–Crippen LogP) is 1.18. The molecule has 0 spiro atoms. The van der Waals surface area contributed by atoms with E-state index in [2.05, 4.69) is 6.07 Å². The van der Waals surface area contributed by atoms with Crippen LogP contribution in [-0.2, 0) is 9.84 Å². The number of anilines is 1. The molecule has 1 saturated heterocycles. The Bertz CT molecular complexity index is 560. The zero-order valence-corrected chi connectivity index (χ0v) is 10.4. The fraction of sp³-hybridized carbons (Fsp3) is 0.417. The largest absolute Gasteiger partial charge is 0.366 e. The molecule has 0 radical (unpaired) electrons. The molecule has 5 heteroatoms. The van der Waals surface area contributed by atoms with E-state index in [0.29, 0.717) is 12.1 Å². The zero-order valence-electron chi connectivity index (χ0n) is 9.63. The fourth-order valence-corrected chi connectivity index (χ4v) is 3.73. The Morgan fingerprint density at radius 3 is 2.76 bits per heavy atom. The number of nitrogens with zero attached hydrogens (tertiary/aromatic N) is 2. The molecule has 1 aromatic rings. The van der Waals surface area contributed by atoms with E-state index in [4.69, 9.17) is 5.26 Å². The smallest absolute Gasteiger partial charge is 0.154 e. The second-order valence-electron chi connectivity index (χ2n) is 4.29. The van der Waals surface area contributed by atoms with Crippen molar-refractivity contribution >= 4 is 15.5 Å². The Balaban J connectivity index is 2.33. The molecule has 1 aliphatic rings. The topological polar surface area (TPSA) is 61.2 Å². The van der Waals surface area contributed by atoms with E-state index >= 15 is 0 Å². The van der Waals surface area contributed by atoms with Crippen LogP contribution in [0, 0.1) is 11.3 Å². The van der Waals surface area contributed by atoms with Gasteiger partial charge >= 0.3 is 0 Å². The second-order valence-corrected chi connectivity index (χ2v) is 6.51. The van der Waals surface area contributed by atoms with Crippen molar-refractivity contribution in [1.82, 2.24) is 0 Å². The van der Waals surface area contributed by atoms with E-state index in [9.17, 15) is 8.42 Å². The Kier molecular flexibility index (Phi) is 3.07. The number of hydrogen-bond acceptors (Lipinski definition) is 4. The lowest BCUT2D eigenvalue weighted by atomic mass is 10.1. The summed E-state index contributed by atoms with van der Waals surface area (Å²) in [7, 11) is -2.92. The van der Waals surface area contributed by atoms with Crippen molar-refractivity contribution in [2.75, 3.05) is 23.0 Å². The molecule has 1 atom stereocenters. The van der Waals surface area contributed by atoms with Gasteiger partial charge in [-0.05, 0) is 19.1 Å². The number of rotatable bonds is 1. The normalized spacial score (nSPS) is 23.1. The molecule has 0 saturated carbocycles. The zero-order chi connectivity index (χ0) is 12.5. The molecule has 0 aliphatic carbocycles. The highest BCUT2D eigenvalue weighted by Gasteiger charge is 2.29. The first-order valence-corrected chi connectivity index (χ1v) is 7.32. The van der Waals surface area contributed by atoms with E-state index in [0.717, 1.165) is 5.69 Å². The Hall–Kier alpha value is -1.54. The van der Waals surface area contributed by atoms with Crippen LogP contribution in [0.25, 0.3) is 0 Å². The minimum Gasteiger partial charge on any atom is -0.366 e. The molecule has 2 rings (SSSR count). The average Bonchev–Trinajstić information content (AvgIpc) is 2.28. The molecule has 4 nitrogen and oxygen atoms in total. The van der Waals surface area contributed by atoms with Crippen LogP contribution in [0.4, 0.5) is 5.69 Å². The maximum atomic E-state index is 11.5. The SMILES string of the molecule is CC1CS(=O)(=O)CCN1c1ccccc1C#N. The molecule has 1 unspecified atom stereocenters. The van der Waals surface area contributed by atoms with Crippen molar-refractivity contribution in [3.8, 4) is 6.07 Å². The molecule has 0 aromatic heterocycles. The van der Waals surface area contributed by atoms with Gasteiger partial charge in [-0.1, -0.05) is 12.1 Å². The van der Waals surface area contributed by atoms with Crippen molar-refractivity contribution in [1.29, 1.82) is 5.26 Å². The number of nitriles is 1. The molecule has 1 fully saturated rings. The number of para-hydroxylation sites is 1. The minimum atomic E-state index is -2.92. The summed E-state index contributed by atoms with van der Waals surface area (Å²) in [5, 5.41) is 9.04. The van der Waals surface area contributed by atoms with Crippen LogP contribution in [0.15, 0.2) is 24.3 Å². The van der Waals surface area contributed by atoms with Gasteiger partial charge in [0.25, 0.3) is 0 Å². The molecule has 17 heavy (non-hydrogen) atoms. The van der Waals surface area contributed by atoms with Crippen LogP contribution in [-0.4, -0.2) is 32.5 Å². The summed E-state index contributed by atoms with van der Waals surface area (Å²) >= 11 is 0. The molecular weight excluding hydrogens is 236 g/mol. The van der Waals surface area contributed by atoms with Crippen LogP contribution in [0.3, 0.4) is 0 Å². The van der Waals surface area contributed by atoms with E-state index in [1.165, 1.54) is 0 Å². The third-order valence-electron chi connectivity index (χ3n) is 3.00. The van der Waals surface area contributed by atoms with Gasteiger partial charge in [0.2, 0.25) is 0 Å². The molecule has 1 aromatic carbocycles. The average molecular weight is 250 g/mol. The molecular formula is C12H14N2O2S. The van der Waals surface area contributed by atoms with Crippen molar-refractivity contribution in [2.45, 2.75) is 13.0 Å². The van der Waals surface area contributed by atoms with E-state index < -0.39 is 9.84 Å². The Morgan fingerprint density at radius 1 is 1.41 bits per heavy atom. The third kappa shape index (κ3) is 2.42. The summed E-state index contributed by atoms with van der Waals surface area (Å²) in [6, 6.07) is 9.37. The van der Waals surface area contributed by atoms with Gasteiger partial charge in [-0.3, -0.25) is 0 Å². The monoisotopic (exact) mass is 250 g/mol. The van der Waals surface area contributed by atoms with Gasteiger partial charge < -0.3 is 4.90 Å². The molecule has 90 valence electrons. The van der Waals surface area contributed by atoms with Gasteiger partial charge in [-0.25, -0.2) is 8.42 Å². The van der Waals surface area contributed by atoms with E-state index in [-0.39, 0.29) is 17.5 Å². The standard InChI is InChI=1S/C12H14N2O2S/c1-10-9-17(15,16)7-6-14(10)12-5-3-2-4-11(12)8-13/h2-5,10H,6-7,9H2,1H3. The van der Waals surface area contributed by atoms with Gasteiger partial charge in [0.15, 0.2) is 9.84 Å². The highest BCUT2D eigenvalue weighted by molar-refractivity contribution is 7.91. The van der Waals surface area contributed by atoms with Crippen LogP contribution in [0.2, 0.25) is 0 Å². The third-order valence-corrected chi connectivity index (χ3v) is 4.80. The lowest BCUT2D eigenvalue weighted by molar-refractivity contribution is 0.568. The number of benzene rings is 1. The summed E-state index contributed by atoms with van der Waals surface area (Å²) in [5.74, 6) is 0.323. The lowest BCUT2D eigenvalue weighted by Crippen LogP contribution is -2.47. The summed E-state index contributed by atoms with van der Waals surface area (Å²) in [5.41, 5.74) is 1.43. The maximum Gasteiger partial charge on any atom is 0.154 e. The summed E-state index contributed by atoms with van der Waals surface area (Å²) < 4.78 is 23.0. The molecule has 0 amide bonds. The van der Waals surface area contributed by atoms with Crippen LogP contribution in [0.5, 0.6) is 0 Å². The van der Waals surface area contributed by atoms with Crippen molar-refractivity contribution in [3.63, 3.8) is 0 Å². The van der Waals surface area contributed by atoms with Crippen LogP contribution in [0.1, 0.15) is 12.5 Å². The van der Waals surface area contributed by atoms with Gasteiger partial charge in [0.1, 0.15) is 6.07 Å². The molecule has 1 aliphatic heterocycles. The first kappa shape index (κ1) is 11.9. The van der Waals surface area contributed by atoms with E-state index in [1.807, 2.05) is 30.0 Å². The Labute approximate surface area is 101 Å². The van der Waals surface area contributed by atoms with Gasteiger partial charge in [-0.2, -0.15) is 5.26 Å². The number of hydrogen-bond donors (Lipinski definition) is 0. The number of sulfone groups is 1. The maximum absolute atomic E-state index is 11.5.